The summed E-state index contributed by atoms with van der Waals surface area (Å²) in [6.45, 7) is 4.48. The minimum atomic E-state index is -1.38. The summed E-state index contributed by atoms with van der Waals surface area (Å²) in [5.41, 5.74) is -0.0339. The van der Waals surface area contributed by atoms with Gasteiger partial charge in [-0.05, 0) is 45.0 Å². The summed E-state index contributed by atoms with van der Waals surface area (Å²) in [6.07, 6.45) is 0. The lowest BCUT2D eigenvalue weighted by molar-refractivity contribution is -0.135. The molecule has 0 fully saturated rings. The molecule has 0 aromatic heterocycles. The van der Waals surface area contributed by atoms with E-state index >= 15 is 0 Å². The summed E-state index contributed by atoms with van der Waals surface area (Å²) in [4.78, 5) is 36.9. The molecule has 7 nitrogen and oxygen atoms in total. The van der Waals surface area contributed by atoms with Crippen LogP contribution in [0.3, 0.4) is 0 Å². The lowest BCUT2D eigenvalue weighted by atomic mass is 9.90. The van der Waals surface area contributed by atoms with Crippen molar-refractivity contribution in [1.29, 1.82) is 0 Å². The van der Waals surface area contributed by atoms with Crippen molar-refractivity contribution in [2.75, 3.05) is 24.9 Å². The number of nitrogens with one attached hydrogen (secondary N) is 2. The number of anilines is 2. The number of ketones is 1. The molecule has 28 heavy (non-hydrogen) atoms. The van der Waals surface area contributed by atoms with Gasteiger partial charge >= 0.3 is 0 Å². The first-order valence-corrected chi connectivity index (χ1v) is 8.65. The lowest BCUT2D eigenvalue weighted by Gasteiger charge is -2.23. The van der Waals surface area contributed by atoms with E-state index in [9.17, 15) is 14.4 Å². The number of ether oxygens (including phenoxy) is 2. The molecule has 2 aromatic carbocycles. The molecule has 2 aromatic rings. The molecule has 0 saturated heterocycles. The van der Waals surface area contributed by atoms with E-state index in [1.54, 1.807) is 42.5 Å². The van der Waals surface area contributed by atoms with Crippen LogP contribution in [0.4, 0.5) is 11.4 Å². The first-order valence-electron chi connectivity index (χ1n) is 8.65. The fourth-order valence-electron chi connectivity index (χ4n) is 2.39. The molecule has 0 unspecified atom stereocenters. The van der Waals surface area contributed by atoms with Crippen LogP contribution in [-0.2, 0) is 9.59 Å². The van der Waals surface area contributed by atoms with Crippen molar-refractivity contribution < 1.29 is 23.9 Å². The summed E-state index contributed by atoms with van der Waals surface area (Å²) in [5, 5.41) is 5.40. The van der Waals surface area contributed by atoms with Crippen LogP contribution in [0.5, 0.6) is 11.5 Å². The number of rotatable bonds is 7. The summed E-state index contributed by atoms with van der Waals surface area (Å²) in [7, 11) is 3.01. The van der Waals surface area contributed by atoms with Gasteiger partial charge in [0.25, 0.3) is 0 Å². The zero-order chi connectivity index (χ0) is 20.9. The van der Waals surface area contributed by atoms with E-state index < -0.39 is 17.2 Å². The highest BCUT2D eigenvalue weighted by Gasteiger charge is 2.36. The Labute approximate surface area is 164 Å². The van der Waals surface area contributed by atoms with Gasteiger partial charge in [0.15, 0.2) is 5.78 Å². The minimum Gasteiger partial charge on any atom is -0.497 e. The molecule has 0 aliphatic heterocycles. The van der Waals surface area contributed by atoms with Crippen molar-refractivity contribution >= 4 is 29.0 Å². The summed E-state index contributed by atoms with van der Waals surface area (Å²) in [5.74, 6) is -0.121. The van der Waals surface area contributed by atoms with Crippen molar-refractivity contribution in [3.63, 3.8) is 0 Å². The molecule has 0 bridgehead atoms. The molecule has 0 spiro atoms. The van der Waals surface area contributed by atoms with Crippen LogP contribution in [0.2, 0.25) is 0 Å². The number of benzene rings is 2. The SMILES string of the molecule is COc1ccc(NC(=O)C(C)(C)C(=O)Nc2cccc(C(C)=O)c2)c(OC)c1. The second-order valence-corrected chi connectivity index (χ2v) is 6.74. The molecular formula is C21H24N2O5. The Hall–Kier alpha value is -3.35. The Balaban J connectivity index is 2.17. The van der Waals surface area contributed by atoms with E-state index in [1.165, 1.54) is 35.0 Å². The number of hydrogen-bond acceptors (Lipinski definition) is 5. The maximum atomic E-state index is 12.8. The Morgan fingerprint density at radius 3 is 2.18 bits per heavy atom. The maximum Gasteiger partial charge on any atom is 0.239 e. The normalized spacial score (nSPS) is 10.8. The van der Waals surface area contributed by atoms with Gasteiger partial charge in [-0.2, -0.15) is 0 Å². The minimum absolute atomic E-state index is 0.111. The Morgan fingerprint density at radius 2 is 1.57 bits per heavy atom. The number of carbonyl (C=O) groups excluding carboxylic acids is 3. The van der Waals surface area contributed by atoms with Crippen LogP contribution < -0.4 is 20.1 Å². The quantitative estimate of drug-likeness (QED) is 0.563. The standard InChI is InChI=1S/C21H24N2O5/c1-13(24)14-7-6-8-15(11-14)22-19(25)21(2,3)20(26)23-17-10-9-16(27-4)12-18(17)28-5/h6-12H,1-5H3,(H,22,25)(H,23,26). The van der Waals surface area contributed by atoms with Crippen molar-refractivity contribution in [3.8, 4) is 11.5 Å². The summed E-state index contributed by atoms with van der Waals surface area (Å²) >= 11 is 0. The average Bonchev–Trinajstić information content (AvgIpc) is 2.68. The molecule has 0 heterocycles. The number of Topliss-reactive ketones (excluding diaryl/α,β-unsaturated/α-hetero) is 1. The monoisotopic (exact) mass is 384 g/mol. The van der Waals surface area contributed by atoms with E-state index in [4.69, 9.17) is 9.47 Å². The van der Waals surface area contributed by atoms with E-state index in [1.807, 2.05) is 0 Å². The summed E-state index contributed by atoms with van der Waals surface area (Å²) < 4.78 is 10.4. The average molecular weight is 384 g/mol. The van der Waals surface area contributed by atoms with Crippen LogP contribution in [-0.4, -0.2) is 31.8 Å². The highest BCUT2D eigenvalue weighted by atomic mass is 16.5. The van der Waals surface area contributed by atoms with Gasteiger partial charge < -0.3 is 20.1 Å². The molecule has 0 saturated carbocycles. The first-order chi connectivity index (χ1) is 13.2. The van der Waals surface area contributed by atoms with E-state index in [0.717, 1.165) is 0 Å². The zero-order valence-electron chi connectivity index (χ0n) is 16.6. The largest absolute Gasteiger partial charge is 0.497 e. The number of carbonyl (C=O) groups is 3. The first kappa shape index (κ1) is 21.0. The van der Waals surface area contributed by atoms with Crippen LogP contribution in [0, 0.1) is 5.41 Å². The van der Waals surface area contributed by atoms with Gasteiger partial charge in [-0.1, -0.05) is 12.1 Å². The molecule has 148 valence electrons. The fourth-order valence-corrected chi connectivity index (χ4v) is 2.39. The maximum absolute atomic E-state index is 12.8. The molecule has 0 aliphatic rings. The topological polar surface area (TPSA) is 93.7 Å². The number of hydrogen-bond donors (Lipinski definition) is 2. The molecule has 0 radical (unpaired) electrons. The van der Waals surface area contributed by atoms with Crippen molar-refractivity contribution in [1.82, 2.24) is 0 Å². The van der Waals surface area contributed by atoms with Gasteiger partial charge in [-0.25, -0.2) is 0 Å². The van der Waals surface area contributed by atoms with Crippen LogP contribution >= 0.6 is 0 Å². The Morgan fingerprint density at radius 1 is 0.893 bits per heavy atom. The third-order valence-electron chi connectivity index (χ3n) is 4.32. The predicted molar refractivity (Wildman–Crippen MR) is 107 cm³/mol. The van der Waals surface area contributed by atoms with Gasteiger partial charge in [0.2, 0.25) is 11.8 Å². The third-order valence-corrected chi connectivity index (χ3v) is 4.32. The molecule has 0 atom stereocenters. The summed E-state index contributed by atoms with van der Waals surface area (Å²) in [6, 6.07) is 11.5. The van der Waals surface area contributed by atoms with Crippen LogP contribution in [0.1, 0.15) is 31.1 Å². The molecule has 0 aliphatic carbocycles. The second kappa shape index (κ2) is 8.56. The van der Waals surface area contributed by atoms with Gasteiger partial charge in [0.05, 0.1) is 19.9 Å². The van der Waals surface area contributed by atoms with Crippen molar-refractivity contribution in [2.24, 2.45) is 5.41 Å². The Kier molecular flexibility index (Phi) is 6.41. The number of methoxy groups -OCH3 is 2. The van der Waals surface area contributed by atoms with Crippen molar-refractivity contribution in [2.45, 2.75) is 20.8 Å². The van der Waals surface area contributed by atoms with Crippen LogP contribution in [0.25, 0.3) is 0 Å². The van der Waals surface area contributed by atoms with Gasteiger partial charge in [0, 0.05) is 17.3 Å². The molecule has 2 rings (SSSR count). The molecular weight excluding hydrogens is 360 g/mol. The van der Waals surface area contributed by atoms with E-state index in [-0.39, 0.29) is 5.78 Å². The highest BCUT2D eigenvalue weighted by molar-refractivity contribution is 6.14. The third kappa shape index (κ3) is 4.68. The molecule has 2 amide bonds. The highest BCUT2D eigenvalue weighted by Crippen LogP contribution is 2.31. The van der Waals surface area contributed by atoms with Crippen LogP contribution in [0.15, 0.2) is 42.5 Å². The van der Waals surface area contributed by atoms with Gasteiger partial charge in [-0.15, -0.1) is 0 Å². The van der Waals surface area contributed by atoms with Crippen molar-refractivity contribution in [3.05, 3.63) is 48.0 Å². The Bertz CT molecular complexity index is 905. The van der Waals surface area contributed by atoms with E-state index in [2.05, 4.69) is 10.6 Å². The fraction of sp³-hybridized carbons (Fsp3) is 0.286. The second-order valence-electron chi connectivity index (χ2n) is 6.74. The zero-order valence-corrected chi connectivity index (χ0v) is 16.6. The predicted octanol–water partition coefficient (Wildman–Crippen LogP) is 3.51. The smallest absolute Gasteiger partial charge is 0.239 e. The van der Waals surface area contributed by atoms with Gasteiger partial charge in [-0.3, -0.25) is 14.4 Å². The van der Waals surface area contributed by atoms with Gasteiger partial charge in [0.1, 0.15) is 16.9 Å². The molecule has 7 heteroatoms. The molecule has 2 N–H and O–H groups in total. The van der Waals surface area contributed by atoms with E-state index in [0.29, 0.717) is 28.4 Å². The lowest BCUT2D eigenvalue weighted by Crippen LogP contribution is -2.41. The number of amides is 2.